The molecule has 1 aliphatic rings. The summed E-state index contributed by atoms with van der Waals surface area (Å²) in [5, 5.41) is 3.11. The van der Waals surface area contributed by atoms with E-state index < -0.39 is 0 Å². The molecule has 0 fully saturated rings. The van der Waals surface area contributed by atoms with Crippen molar-refractivity contribution in [1.29, 1.82) is 0 Å². The van der Waals surface area contributed by atoms with Crippen molar-refractivity contribution in [3.05, 3.63) is 75.9 Å². The van der Waals surface area contributed by atoms with Crippen LogP contribution in [0.15, 0.2) is 64.8 Å². The molecule has 1 heterocycles. The Morgan fingerprint density at radius 1 is 1.39 bits per heavy atom. The minimum atomic E-state index is -0.0648. The monoisotopic (exact) mass is 240 g/mol. The van der Waals surface area contributed by atoms with E-state index >= 15 is 0 Å². The third-order valence-corrected chi connectivity index (χ3v) is 2.76. The number of likely N-dealkylation sites (N-methyl/N-ethyl adjacent to an activating group) is 1. The molecule has 0 radical (unpaired) electrons. The minimum Gasteiger partial charge on any atom is -0.388 e. The maximum absolute atomic E-state index is 11.5. The lowest BCUT2D eigenvalue weighted by molar-refractivity contribution is 1.02. The maximum Gasteiger partial charge on any atom is 0.255 e. The summed E-state index contributed by atoms with van der Waals surface area (Å²) in [6.07, 6.45) is 14.5. The van der Waals surface area contributed by atoms with E-state index in [4.69, 9.17) is 0 Å². The van der Waals surface area contributed by atoms with Crippen molar-refractivity contribution in [2.75, 3.05) is 7.05 Å². The molecular weight excluding hydrogens is 224 g/mol. The molecule has 0 atom stereocenters. The van der Waals surface area contributed by atoms with Crippen LogP contribution in [0, 0.1) is 0 Å². The molecule has 0 amide bonds. The van der Waals surface area contributed by atoms with E-state index in [1.54, 1.807) is 12.3 Å². The van der Waals surface area contributed by atoms with Crippen molar-refractivity contribution in [1.82, 2.24) is 10.3 Å². The molecule has 2 rings (SSSR count). The highest BCUT2D eigenvalue weighted by molar-refractivity contribution is 5.52. The van der Waals surface area contributed by atoms with Gasteiger partial charge in [-0.15, -0.1) is 0 Å². The standard InChI is InChI=1S/C15H16N2O/c1-16-14-6-2-4-12(8-10-14)7-9-13-5-3-11-17-15(13)18/h2-7,9-11,16H,8H2,1H3,(H,17,18)/b9-7+. The Morgan fingerprint density at radius 2 is 2.28 bits per heavy atom. The Kier molecular flexibility index (Phi) is 3.97. The van der Waals surface area contributed by atoms with E-state index in [0.29, 0.717) is 5.56 Å². The van der Waals surface area contributed by atoms with Crippen LogP contribution in [-0.4, -0.2) is 12.0 Å². The molecule has 0 saturated carbocycles. The van der Waals surface area contributed by atoms with Crippen molar-refractivity contribution < 1.29 is 0 Å². The van der Waals surface area contributed by atoms with Gasteiger partial charge < -0.3 is 10.3 Å². The average molecular weight is 240 g/mol. The van der Waals surface area contributed by atoms with Gasteiger partial charge >= 0.3 is 0 Å². The third kappa shape index (κ3) is 3.10. The second-order valence-electron chi connectivity index (χ2n) is 4.00. The van der Waals surface area contributed by atoms with Gasteiger partial charge in [0.1, 0.15) is 0 Å². The third-order valence-electron chi connectivity index (χ3n) is 2.76. The fraction of sp³-hybridized carbons (Fsp3) is 0.133. The smallest absolute Gasteiger partial charge is 0.255 e. The van der Waals surface area contributed by atoms with Gasteiger partial charge in [-0.25, -0.2) is 0 Å². The summed E-state index contributed by atoms with van der Waals surface area (Å²) < 4.78 is 0. The SMILES string of the molecule is CNC1=CCC(/C=C/c2ccc[nH]c2=O)=CC=C1. The molecule has 0 unspecified atom stereocenters. The summed E-state index contributed by atoms with van der Waals surface area (Å²) in [5.41, 5.74) is 2.88. The summed E-state index contributed by atoms with van der Waals surface area (Å²) >= 11 is 0. The van der Waals surface area contributed by atoms with Gasteiger partial charge in [0, 0.05) is 24.5 Å². The van der Waals surface area contributed by atoms with Crippen LogP contribution in [0.3, 0.4) is 0 Å². The number of H-pyrrole nitrogens is 1. The second kappa shape index (κ2) is 5.87. The molecule has 1 aromatic rings. The lowest BCUT2D eigenvalue weighted by atomic mass is 10.1. The van der Waals surface area contributed by atoms with Gasteiger partial charge in [-0.3, -0.25) is 4.79 Å². The molecule has 0 aromatic carbocycles. The van der Waals surface area contributed by atoms with Crippen LogP contribution in [0.4, 0.5) is 0 Å². The van der Waals surface area contributed by atoms with Crippen LogP contribution in [0.5, 0.6) is 0 Å². The molecule has 0 saturated heterocycles. The first-order chi connectivity index (χ1) is 8.79. The maximum atomic E-state index is 11.5. The van der Waals surface area contributed by atoms with Crippen LogP contribution in [0.25, 0.3) is 6.08 Å². The molecule has 2 N–H and O–H groups in total. The van der Waals surface area contributed by atoms with Gasteiger partial charge in [-0.1, -0.05) is 24.3 Å². The van der Waals surface area contributed by atoms with Crippen molar-refractivity contribution in [3.63, 3.8) is 0 Å². The highest BCUT2D eigenvalue weighted by Gasteiger charge is 1.97. The van der Waals surface area contributed by atoms with Gasteiger partial charge in [0.25, 0.3) is 5.56 Å². The van der Waals surface area contributed by atoms with E-state index in [0.717, 1.165) is 12.1 Å². The Bertz CT molecular complexity index is 589. The number of aromatic nitrogens is 1. The Hall–Kier alpha value is -2.29. The predicted molar refractivity (Wildman–Crippen MR) is 75.1 cm³/mol. The van der Waals surface area contributed by atoms with Gasteiger partial charge in [0.15, 0.2) is 0 Å². The first-order valence-corrected chi connectivity index (χ1v) is 5.90. The lowest BCUT2D eigenvalue weighted by Gasteiger charge is -1.98. The summed E-state index contributed by atoms with van der Waals surface area (Å²) in [4.78, 5) is 14.1. The zero-order chi connectivity index (χ0) is 12.8. The number of allylic oxidation sites excluding steroid dienone is 6. The van der Waals surface area contributed by atoms with Gasteiger partial charge in [-0.2, -0.15) is 0 Å². The number of nitrogens with one attached hydrogen (secondary N) is 2. The summed E-state index contributed by atoms with van der Waals surface area (Å²) in [5.74, 6) is 0. The lowest BCUT2D eigenvalue weighted by Crippen LogP contribution is -2.06. The number of aromatic amines is 1. The molecular formula is C15H16N2O. The second-order valence-corrected chi connectivity index (χ2v) is 4.00. The first-order valence-electron chi connectivity index (χ1n) is 5.90. The number of rotatable bonds is 3. The van der Waals surface area contributed by atoms with Crippen molar-refractivity contribution in [2.24, 2.45) is 0 Å². The highest BCUT2D eigenvalue weighted by atomic mass is 16.1. The van der Waals surface area contributed by atoms with Crippen molar-refractivity contribution in [3.8, 4) is 0 Å². The molecule has 1 aromatic heterocycles. The largest absolute Gasteiger partial charge is 0.388 e. The van der Waals surface area contributed by atoms with Crippen molar-refractivity contribution >= 4 is 6.08 Å². The first kappa shape index (κ1) is 12.2. The van der Waals surface area contributed by atoms with Crippen LogP contribution >= 0.6 is 0 Å². The van der Waals surface area contributed by atoms with Gasteiger partial charge in [0.2, 0.25) is 0 Å². The fourth-order valence-corrected chi connectivity index (χ4v) is 1.71. The van der Waals surface area contributed by atoms with E-state index in [9.17, 15) is 4.79 Å². The summed E-state index contributed by atoms with van der Waals surface area (Å²) in [6.45, 7) is 0. The topological polar surface area (TPSA) is 44.9 Å². The zero-order valence-corrected chi connectivity index (χ0v) is 10.3. The van der Waals surface area contributed by atoms with Crippen LogP contribution in [0.2, 0.25) is 0 Å². The average Bonchev–Trinajstić information content (AvgIpc) is 2.63. The molecule has 3 nitrogen and oxygen atoms in total. The molecule has 18 heavy (non-hydrogen) atoms. The summed E-state index contributed by atoms with van der Waals surface area (Å²) in [7, 11) is 1.90. The van der Waals surface area contributed by atoms with E-state index in [-0.39, 0.29) is 5.56 Å². The van der Waals surface area contributed by atoms with Crippen LogP contribution < -0.4 is 10.9 Å². The number of hydrogen-bond donors (Lipinski definition) is 2. The van der Waals surface area contributed by atoms with Crippen molar-refractivity contribution in [2.45, 2.75) is 6.42 Å². The van der Waals surface area contributed by atoms with Crippen LogP contribution in [-0.2, 0) is 0 Å². The van der Waals surface area contributed by atoms with Gasteiger partial charge in [0.05, 0.1) is 0 Å². The zero-order valence-electron chi connectivity index (χ0n) is 10.3. The molecule has 92 valence electrons. The quantitative estimate of drug-likeness (QED) is 0.852. The molecule has 1 aliphatic carbocycles. The normalized spacial score (nSPS) is 15.2. The van der Waals surface area contributed by atoms with E-state index in [1.807, 2.05) is 37.4 Å². The number of pyridine rings is 1. The molecule has 0 spiro atoms. The Morgan fingerprint density at radius 3 is 3.06 bits per heavy atom. The molecule has 0 aliphatic heterocycles. The highest BCUT2D eigenvalue weighted by Crippen LogP contribution is 2.12. The minimum absolute atomic E-state index is 0.0648. The van der Waals surface area contributed by atoms with E-state index in [2.05, 4.69) is 22.5 Å². The van der Waals surface area contributed by atoms with E-state index in [1.165, 1.54) is 5.57 Å². The molecule has 3 heteroatoms. The summed E-state index contributed by atoms with van der Waals surface area (Å²) in [6, 6.07) is 3.62. The Labute approximate surface area is 106 Å². The fourth-order valence-electron chi connectivity index (χ4n) is 1.71. The molecule has 0 bridgehead atoms. The number of hydrogen-bond acceptors (Lipinski definition) is 2. The predicted octanol–water partition coefficient (Wildman–Crippen LogP) is 2.38. The van der Waals surface area contributed by atoms with Crippen LogP contribution in [0.1, 0.15) is 12.0 Å². The Balaban J connectivity index is 2.14. The van der Waals surface area contributed by atoms with Gasteiger partial charge in [-0.05, 0) is 36.3 Å².